The maximum atomic E-state index is 12.5. The minimum Gasteiger partial charge on any atom is -0.484 e. The molecule has 28 heavy (non-hydrogen) atoms. The van der Waals surface area contributed by atoms with Crippen molar-refractivity contribution in [3.63, 3.8) is 0 Å². The van der Waals surface area contributed by atoms with Crippen molar-refractivity contribution < 1.29 is 22.7 Å². The molecule has 1 unspecified atom stereocenters. The minimum atomic E-state index is -4.41. The fourth-order valence-electron chi connectivity index (χ4n) is 2.51. The number of aromatic nitrogens is 3. The molecule has 0 fully saturated rings. The molecule has 2 aromatic carbocycles. The van der Waals surface area contributed by atoms with Gasteiger partial charge in [-0.25, -0.2) is 9.67 Å². The van der Waals surface area contributed by atoms with Crippen LogP contribution < -0.4 is 10.1 Å². The van der Waals surface area contributed by atoms with Gasteiger partial charge in [-0.15, -0.1) is 0 Å². The molecule has 1 amide bonds. The van der Waals surface area contributed by atoms with E-state index in [1.165, 1.54) is 18.5 Å². The predicted molar refractivity (Wildman–Crippen MR) is 94.9 cm³/mol. The van der Waals surface area contributed by atoms with E-state index in [0.29, 0.717) is 0 Å². The van der Waals surface area contributed by atoms with E-state index in [-0.39, 0.29) is 24.3 Å². The van der Waals surface area contributed by atoms with E-state index in [0.717, 1.165) is 23.4 Å². The third-order valence-corrected chi connectivity index (χ3v) is 4.01. The van der Waals surface area contributed by atoms with Gasteiger partial charge in [-0.05, 0) is 48.9 Å². The molecule has 3 rings (SSSR count). The highest BCUT2D eigenvalue weighted by molar-refractivity contribution is 5.78. The lowest BCUT2D eigenvalue weighted by atomic mass is 10.1. The second-order valence-electron chi connectivity index (χ2n) is 6.03. The molecule has 0 bridgehead atoms. The number of rotatable bonds is 6. The van der Waals surface area contributed by atoms with Crippen molar-refractivity contribution in [1.82, 2.24) is 20.1 Å². The molecule has 0 saturated carbocycles. The molecule has 3 aromatic rings. The van der Waals surface area contributed by atoms with Crippen molar-refractivity contribution in [3.8, 4) is 11.4 Å². The summed E-state index contributed by atoms with van der Waals surface area (Å²) in [4.78, 5) is 15.9. The van der Waals surface area contributed by atoms with E-state index < -0.39 is 11.7 Å². The van der Waals surface area contributed by atoms with Gasteiger partial charge in [0, 0.05) is 0 Å². The number of amides is 1. The summed E-state index contributed by atoms with van der Waals surface area (Å²) in [5.41, 5.74) is 0.949. The molecule has 1 N–H and O–H groups in total. The molecule has 0 aliphatic heterocycles. The van der Waals surface area contributed by atoms with Gasteiger partial charge in [0.1, 0.15) is 18.4 Å². The second-order valence-corrected chi connectivity index (χ2v) is 6.03. The lowest BCUT2D eigenvalue weighted by Crippen LogP contribution is -2.31. The number of hydrogen-bond donors (Lipinski definition) is 1. The first-order valence-corrected chi connectivity index (χ1v) is 8.37. The van der Waals surface area contributed by atoms with Crippen LogP contribution in [0, 0.1) is 0 Å². The molecule has 0 aliphatic rings. The average molecular weight is 390 g/mol. The van der Waals surface area contributed by atoms with E-state index in [1.807, 2.05) is 31.2 Å². The van der Waals surface area contributed by atoms with Crippen LogP contribution in [-0.4, -0.2) is 27.3 Å². The Morgan fingerprint density at radius 2 is 1.82 bits per heavy atom. The summed E-state index contributed by atoms with van der Waals surface area (Å²) < 4.78 is 44.4. The highest BCUT2D eigenvalue weighted by Gasteiger charge is 2.30. The molecule has 0 aliphatic carbocycles. The molecule has 146 valence electrons. The molecule has 0 spiro atoms. The number of alkyl halides is 3. The zero-order valence-corrected chi connectivity index (χ0v) is 14.8. The third-order valence-electron chi connectivity index (χ3n) is 4.01. The van der Waals surface area contributed by atoms with E-state index in [4.69, 9.17) is 4.74 Å². The van der Waals surface area contributed by atoms with Crippen LogP contribution >= 0.6 is 0 Å². The van der Waals surface area contributed by atoms with Gasteiger partial charge >= 0.3 is 6.18 Å². The van der Waals surface area contributed by atoms with Crippen LogP contribution in [0.5, 0.6) is 5.75 Å². The van der Waals surface area contributed by atoms with E-state index in [1.54, 1.807) is 11.0 Å². The zero-order valence-electron chi connectivity index (χ0n) is 14.8. The summed E-state index contributed by atoms with van der Waals surface area (Å²) in [6.07, 6.45) is -1.39. The Kier molecular flexibility index (Phi) is 5.62. The topological polar surface area (TPSA) is 69.0 Å². The lowest BCUT2D eigenvalue weighted by Gasteiger charge is -2.15. The quantitative estimate of drug-likeness (QED) is 0.699. The van der Waals surface area contributed by atoms with Crippen LogP contribution in [0.15, 0.2) is 61.2 Å². The molecule has 1 aromatic heterocycles. The predicted octanol–water partition coefficient (Wildman–Crippen LogP) is 3.54. The fourth-order valence-corrected chi connectivity index (χ4v) is 2.51. The molecule has 1 heterocycles. The Balaban J connectivity index is 1.51. The average Bonchev–Trinajstić information content (AvgIpc) is 3.21. The zero-order chi connectivity index (χ0) is 20.1. The number of nitrogens with zero attached hydrogens (tertiary/aromatic N) is 3. The molecule has 6 nitrogen and oxygen atoms in total. The van der Waals surface area contributed by atoms with Crippen molar-refractivity contribution in [3.05, 3.63) is 72.3 Å². The maximum absolute atomic E-state index is 12.5. The van der Waals surface area contributed by atoms with Gasteiger partial charge in [0.25, 0.3) is 5.91 Å². The van der Waals surface area contributed by atoms with Crippen molar-refractivity contribution in [2.45, 2.75) is 19.1 Å². The number of nitrogens with one attached hydrogen (secondary N) is 1. The Morgan fingerprint density at radius 1 is 1.14 bits per heavy atom. The largest absolute Gasteiger partial charge is 0.484 e. The number of carbonyl (C=O) groups excluding carboxylic acids is 1. The van der Waals surface area contributed by atoms with Crippen molar-refractivity contribution in [1.29, 1.82) is 0 Å². The van der Waals surface area contributed by atoms with Gasteiger partial charge in [-0.2, -0.15) is 18.3 Å². The number of halogens is 3. The van der Waals surface area contributed by atoms with Crippen LogP contribution in [0.1, 0.15) is 24.1 Å². The van der Waals surface area contributed by atoms with Gasteiger partial charge in [-0.3, -0.25) is 4.79 Å². The second kappa shape index (κ2) is 8.12. The van der Waals surface area contributed by atoms with Crippen LogP contribution in [0.4, 0.5) is 13.2 Å². The minimum absolute atomic E-state index is 0.188. The van der Waals surface area contributed by atoms with E-state index >= 15 is 0 Å². The van der Waals surface area contributed by atoms with Crippen molar-refractivity contribution in [2.75, 3.05) is 6.61 Å². The molecule has 0 radical (unpaired) electrons. The monoisotopic (exact) mass is 390 g/mol. The fraction of sp³-hybridized carbons (Fsp3) is 0.211. The van der Waals surface area contributed by atoms with Gasteiger partial charge in [-0.1, -0.05) is 12.1 Å². The molecule has 9 heteroatoms. The normalized spacial score (nSPS) is 12.4. The molecular weight excluding hydrogens is 373 g/mol. The van der Waals surface area contributed by atoms with Gasteiger partial charge in [0.2, 0.25) is 0 Å². The summed E-state index contributed by atoms with van der Waals surface area (Å²) in [6.45, 7) is 1.52. The summed E-state index contributed by atoms with van der Waals surface area (Å²) in [5, 5.41) is 6.82. The summed E-state index contributed by atoms with van der Waals surface area (Å²) in [5.74, 6) is -0.194. The van der Waals surface area contributed by atoms with Crippen LogP contribution in [0.2, 0.25) is 0 Å². The number of ether oxygens (including phenoxy) is 1. The Morgan fingerprint density at radius 3 is 2.39 bits per heavy atom. The van der Waals surface area contributed by atoms with Gasteiger partial charge < -0.3 is 10.1 Å². The van der Waals surface area contributed by atoms with Crippen LogP contribution in [-0.2, 0) is 11.0 Å². The number of hydrogen-bond acceptors (Lipinski definition) is 4. The van der Waals surface area contributed by atoms with Gasteiger partial charge in [0.05, 0.1) is 17.3 Å². The first-order chi connectivity index (χ1) is 13.3. The van der Waals surface area contributed by atoms with Crippen LogP contribution in [0.3, 0.4) is 0 Å². The SMILES string of the molecule is CC(NC(=O)COc1ccc(C(F)(F)F)cc1)c1ccc(-n2cncn2)cc1. The standard InChI is InChI=1S/C19H17F3N4O2/c1-13(14-2-6-16(7-3-14)26-12-23-11-24-26)25-18(27)10-28-17-8-4-15(5-9-17)19(20,21)22/h2-9,11-13H,10H2,1H3,(H,25,27). The summed E-state index contributed by atoms with van der Waals surface area (Å²) >= 11 is 0. The number of benzene rings is 2. The highest BCUT2D eigenvalue weighted by atomic mass is 19.4. The van der Waals surface area contributed by atoms with Crippen molar-refractivity contribution >= 4 is 5.91 Å². The first-order valence-electron chi connectivity index (χ1n) is 8.37. The number of carbonyl (C=O) groups is 1. The Bertz CT molecular complexity index is 908. The smallest absolute Gasteiger partial charge is 0.416 e. The van der Waals surface area contributed by atoms with E-state index in [9.17, 15) is 18.0 Å². The molecule has 1 atom stereocenters. The first kappa shape index (κ1) is 19.4. The van der Waals surface area contributed by atoms with Crippen LogP contribution in [0.25, 0.3) is 5.69 Å². The summed E-state index contributed by atoms with van der Waals surface area (Å²) in [6, 6.07) is 11.3. The van der Waals surface area contributed by atoms with Crippen molar-refractivity contribution in [2.24, 2.45) is 0 Å². The highest BCUT2D eigenvalue weighted by Crippen LogP contribution is 2.30. The molecule has 0 saturated heterocycles. The Labute approximate surface area is 159 Å². The third kappa shape index (κ3) is 4.87. The maximum Gasteiger partial charge on any atom is 0.416 e. The van der Waals surface area contributed by atoms with E-state index in [2.05, 4.69) is 15.4 Å². The molecular formula is C19H17F3N4O2. The lowest BCUT2D eigenvalue weighted by molar-refractivity contribution is -0.137. The van der Waals surface area contributed by atoms with Gasteiger partial charge in [0.15, 0.2) is 6.61 Å². The summed E-state index contributed by atoms with van der Waals surface area (Å²) in [7, 11) is 0. The Hall–Kier alpha value is -3.36.